The topological polar surface area (TPSA) is 36.5 Å². The van der Waals surface area contributed by atoms with Gasteiger partial charge in [-0.15, -0.1) is 0 Å². The largest absolute Gasteiger partial charge is 0.361 e. The average molecular weight is 338 g/mol. The lowest BCUT2D eigenvalue weighted by Gasteiger charge is -2.19. The van der Waals surface area contributed by atoms with Crippen LogP contribution in [0.4, 0.5) is 0 Å². The van der Waals surface area contributed by atoms with Crippen LogP contribution in [-0.4, -0.2) is 14.5 Å². The van der Waals surface area contributed by atoms with E-state index in [-0.39, 0.29) is 5.92 Å². The molecule has 0 saturated carbocycles. The molecule has 3 nitrogen and oxygen atoms in total. The summed E-state index contributed by atoms with van der Waals surface area (Å²) in [7, 11) is 2.14. The average Bonchev–Trinajstić information content (AvgIpc) is 3.19. The van der Waals surface area contributed by atoms with Crippen molar-refractivity contribution in [3.05, 3.63) is 69.1 Å². The summed E-state index contributed by atoms with van der Waals surface area (Å²) >= 11 is 0. The van der Waals surface area contributed by atoms with Gasteiger partial charge in [-0.05, 0) is 74.9 Å². The Labute approximate surface area is 151 Å². The number of rotatable bonds is 5. The van der Waals surface area contributed by atoms with Crippen molar-refractivity contribution in [1.29, 1.82) is 0 Å². The minimum absolute atomic E-state index is 0.206. The number of H-pyrrole nitrogens is 2. The molecule has 0 aliphatic rings. The van der Waals surface area contributed by atoms with Gasteiger partial charge in [0.1, 0.15) is 0 Å². The number of aryl methyl sites for hydroxylation is 3. The van der Waals surface area contributed by atoms with E-state index in [1.54, 1.807) is 0 Å². The van der Waals surface area contributed by atoms with E-state index < -0.39 is 0 Å². The van der Waals surface area contributed by atoms with E-state index in [0.29, 0.717) is 0 Å². The number of nitrogens with one attached hydrogen (secondary N) is 2. The van der Waals surface area contributed by atoms with Crippen LogP contribution in [0.2, 0.25) is 0 Å². The van der Waals surface area contributed by atoms with Gasteiger partial charge in [-0.25, -0.2) is 0 Å². The summed E-state index contributed by atoms with van der Waals surface area (Å²) in [5.41, 5.74) is 12.3. The van der Waals surface area contributed by atoms with Gasteiger partial charge < -0.3 is 14.5 Å². The molecule has 3 heterocycles. The molecule has 0 unspecified atom stereocenters. The zero-order valence-electron chi connectivity index (χ0n) is 16.7. The van der Waals surface area contributed by atoms with Gasteiger partial charge >= 0.3 is 0 Å². The molecule has 2 N–H and O–H groups in total. The second-order valence-corrected chi connectivity index (χ2v) is 7.22. The molecule has 3 rings (SSSR count). The summed E-state index contributed by atoms with van der Waals surface area (Å²) in [6.45, 7) is 13.4. The van der Waals surface area contributed by atoms with Crippen LogP contribution >= 0.6 is 0 Å². The Morgan fingerprint density at radius 2 is 1.36 bits per heavy atom. The summed E-state index contributed by atoms with van der Waals surface area (Å²) in [6, 6.07) is 4.38. The van der Waals surface area contributed by atoms with Gasteiger partial charge in [-0.3, -0.25) is 0 Å². The molecule has 3 aromatic heterocycles. The molecule has 0 saturated heterocycles. The smallest absolute Gasteiger partial charge is 0.0799 e. The number of aromatic amines is 2. The highest BCUT2D eigenvalue weighted by atomic mass is 14.9. The van der Waals surface area contributed by atoms with Crippen molar-refractivity contribution in [2.24, 2.45) is 7.05 Å². The fourth-order valence-corrected chi connectivity index (χ4v) is 4.48. The first-order valence-corrected chi connectivity index (χ1v) is 9.37. The molecule has 0 bridgehead atoms. The van der Waals surface area contributed by atoms with Gasteiger partial charge in [0, 0.05) is 41.7 Å². The first-order valence-electron chi connectivity index (χ1n) is 9.37. The molecule has 0 aliphatic heterocycles. The van der Waals surface area contributed by atoms with E-state index in [1.165, 1.54) is 50.7 Å². The molecule has 134 valence electrons. The fourth-order valence-electron chi connectivity index (χ4n) is 4.48. The van der Waals surface area contributed by atoms with Crippen molar-refractivity contribution in [2.75, 3.05) is 0 Å². The molecule has 25 heavy (non-hydrogen) atoms. The Balaban J connectivity index is 2.28. The van der Waals surface area contributed by atoms with Crippen LogP contribution in [0.3, 0.4) is 0 Å². The second-order valence-electron chi connectivity index (χ2n) is 7.22. The molecule has 0 aliphatic carbocycles. The van der Waals surface area contributed by atoms with E-state index in [2.05, 4.69) is 81.5 Å². The van der Waals surface area contributed by atoms with Gasteiger partial charge in [-0.1, -0.05) is 13.8 Å². The highest BCUT2D eigenvalue weighted by Crippen LogP contribution is 2.38. The van der Waals surface area contributed by atoms with Crippen molar-refractivity contribution in [3.63, 3.8) is 0 Å². The number of hydrogen-bond donors (Lipinski definition) is 2. The quantitative estimate of drug-likeness (QED) is 0.640. The lowest BCUT2D eigenvalue weighted by Crippen LogP contribution is -2.11. The lowest BCUT2D eigenvalue weighted by molar-refractivity contribution is 0.759. The van der Waals surface area contributed by atoms with Gasteiger partial charge in [-0.2, -0.15) is 0 Å². The zero-order chi connectivity index (χ0) is 18.3. The molecular weight excluding hydrogens is 306 g/mol. The molecule has 0 atom stereocenters. The minimum Gasteiger partial charge on any atom is -0.361 e. The van der Waals surface area contributed by atoms with Crippen LogP contribution < -0.4 is 0 Å². The number of nitrogens with zero attached hydrogens (tertiary/aromatic N) is 1. The lowest BCUT2D eigenvalue weighted by atomic mass is 9.90. The predicted molar refractivity (Wildman–Crippen MR) is 106 cm³/mol. The molecule has 0 amide bonds. The zero-order valence-corrected chi connectivity index (χ0v) is 16.7. The summed E-state index contributed by atoms with van der Waals surface area (Å²) in [5.74, 6) is 0.206. The van der Waals surface area contributed by atoms with Crippen molar-refractivity contribution < 1.29 is 0 Å². The molecular formula is C22H31N3. The molecule has 0 spiro atoms. The summed E-state index contributed by atoms with van der Waals surface area (Å²) in [4.78, 5) is 7.44. The van der Waals surface area contributed by atoms with E-state index in [4.69, 9.17) is 0 Å². The van der Waals surface area contributed by atoms with Crippen LogP contribution in [-0.2, 0) is 19.9 Å². The Morgan fingerprint density at radius 1 is 0.880 bits per heavy atom. The summed E-state index contributed by atoms with van der Waals surface area (Å²) in [5, 5.41) is 0. The van der Waals surface area contributed by atoms with Crippen molar-refractivity contribution in [3.8, 4) is 0 Å². The molecule has 3 heteroatoms. The standard InChI is InChI=1S/C22H31N3/c1-8-17-13(3)21(23-15(17)5)20(19-11-10-12-25(19)7)22-14(4)18(9-2)16(6)24-22/h10-12,20,23-24H,8-9H2,1-7H3. The van der Waals surface area contributed by atoms with Gasteiger partial charge in [0.15, 0.2) is 0 Å². The third-order valence-electron chi connectivity index (χ3n) is 5.83. The maximum Gasteiger partial charge on any atom is 0.0799 e. The Morgan fingerprint density at radius 3 is 1.68 bits per heavy atom. The first kappa shape index (κ1) is 17.7. The van der Waals surface area contributed by atoms with Gasteiger partial charge in [0.2, 0.25) is 0 Å². The van der Waals surface area contributed by atoms with E-state index in [0.717, 1.165) is 12.8 Å². The maximum atomic E-state index is 3.72. The molecule has 0 fully saturated rings. The second kappa shape index (κ2) is 6.62. The monoisotopic (exact) mass is 337 g/mol. The number of aromatic nitrogens is 3. The highest BCUT2D eigenvalue weighted by molar-refractivity contribution is 5.49. The van der Waals surface area contributed by atoms with Crippen LogP contribution in [0.1, 0.15) is 70.5 Å². The van der Waals surface area contributed by atoms with Gasteiger partial charge in [0.05, 0.1) is 5.92 Å². The normalized spacial score (nSPS) is 11.7. The minimum atomic E-state index is 0.206. The third-order valence-corrected chi connectivity index (χ3v) is 5.83. The van der Waals surface area contributed by atoms with Gasteiger partial charge in [0.25, 0.3) is 0 Å². The van der Waals surface area contributed by atoms with Crippen molar-refractivity contribution >= 4 is 0 Å². The number of hydrogen-bond acceptors (Lipinski definition) is 0. The Kier molecular flexibility index (Phi) is 4.68. The third kappa shape index (κ3) is 2.76. The fraction of sp³-hybridized carbons (Fsp3) is 0.455. The predicted octanol–water partition coefficient (Wildman–Crippen LogP) is 5.22. The van der Waals surface area contributed by atoms with Crippen molar-refractivity contribution in [2.45, 2.75) is 60.3 Å². The summed E-state index contributed by atoms with van der Waals surface area (Å²) < 4.78 is 2.24. The van der Waals surface area contributed by atoms with Crippen LogP contribution in [0.5, 0.6) is 0 Å². The Bertz CT molecular complexity index is 835. The first-order chi connectivity index (χ1) is 11.9. The molecule has 0 aromatic carbocycles. The maximum absolute atomic E-state index is 3.72. The van der Waals surface area contributed by atoms with E-state index in [1.807, 2.05) is 0 Å². The van der Waals surface area contributed by atoms with E-state index >= 15 is 0 Å². The van der Waals surface area contributed by atoms with Crippen LogP contribution in [0.15, 0.2) is 18.3 Å². The van der Waals surface area contributed by atoms with E-state index in [9.17, 15) is 0 Å². The molecule has 3 aromatic rings. The van der Waals surface area contributed by atoms with Crippen LogP contribution in [0.25, 0.3) is 0 Å². The summed E-state index contributed by atoms with van der Waals surface area (Å²) in [6.07, 6.45) is 4.27. The van der Waals surface area contributed by atoms with Crippen LogP contribution in [0, 0.1) is 27.7 Å². The molecule has 0 radical (unpaired) electrons. The SMILES string of the molecule is CCc1c(C)[nH]c(C(c2[nH]c(C)c(CC)c2C)c2cccn2C)c1C. The highest BCUT2D eigenvalue weighted by Gasteiger charge is 2.28. The van der Waals surface area contributed by atoms with Crippen molar-refractivity contribution in [1.82, 2.24) is 14.5 Å². The Hall–Kier alpha value is -2.16.